The number of anilines is 2. The van der Waals surface area contributed by atoms with E-state index in [9.17, 15) is 9.59 Å². The second-order valence-corrected chi connectivity index (χ2v) is 8.21. The van der Waals surface area contributed by atoms with Gasteiger partial charge in [-0.05, 0) is 53.4 Å². The Hall–Kier alpha value is -3.57. The quantitative estimate of drug-likeness (QED) is 0.481. The Kier molecular flexibility index (Phi) is 6.01. The van der Waals surface area contributed by atoms with Crippen LogP contribution in [-0.2, 0) is 9.59 Å². The first kappa shape index (κ1) is 21.7. The number of hydrogen-bond donors (Lipinski definition) is 1. The van der Waals surface area contributed by atoms with E-state index in [2.05, 4.69) is 19.2 Å². The standard InChI is InChI=1S/C26H23ClN2O3/c1-16(2)17-10-14-20(15-11-17)29-25(30)23(18-8-12-19(27)13-9-18)24(26(29)31)28-21-6-4-5-7-22(21)32-3/h4-16,28H,1-3H3. The molecule has 6 heteroatoms. The van der Waals surface area contributed by atoms with Gasteiger partial charge in [0.1, 0.15) is 11.4 Å². The highest BCUT2D eigenvalue weighted by atomic mass is 35.5. The number of benzene rings is 3. The number of halogens is 1. The molecule has 0 radical (unpaired) electrons. The maximum Gasteiger partial charge on any atom is 0.282 e. The lowest BCUT2D eigenvalue weighted by molar-refractivity contribution is -0.120. The maximum atomic E-state index is 13.5. The number of amides is 2. The summed E-state index contributed by atoms with van der Waals surface area (Å²) in [4.78, 5) is 28.2. The van der Waals surface area contributed by atoms with Gasteiger partial charge in [-0.1, -0.05) is 61.8 Å². The molecule has 1 heterocycles. The van der Waals surface area contributed by atoms with E-state index in [-0.39, 0.29) is 11.3 Å². The lowest BCUT2D eigenvalue weighted by Crippen LogP contribution is -2.32. The van der Waals surface area contributed by atoms with Gasteiger partial charge in [-0.25, -0.2) is 4.90 Å². The number of hydrogen-bond acceptors (Lipinski definition) is 4. The number of imide groups is 1. The van der Waals surface area contributed by atoms with Gasteiger partial charge in [0.15, 0.2) is 0 Å². The van der Waals surface area contributed by atoms with Crippen molar-refractivity contribution in [2.75, 3.05) is 17.3 Å². The van der Waals surface area contributed by atoms with Crippen LogP contribution in [0.1, 0.15) is 30.9 Å². The smallest absolute Gasteiger partial charge is 0.282 e. The van der Waals surface area contributed by atoms with Crippen molar-refractivity contribution in [3.05, 3.63) is 94.6 Å². The summed E-state index contributed by atoms with van der Waals surface area (Å²) >= 11 is 6.04. The van der Waals surface area contributed by atoms with Gasteiger partial charge in [-0.3, -0.25) is 9.59 Å². The minimum atomic E-state index is -0.428. The van der Waals surface area contributed by atoms with Crippen molar-refractivity contribution in [1.29, 1.82) is 0 Å². The lowest BCUT2D eigenvalue weighted by atomic mass is 10.0. The van der Waals surface area contributed by atoms with E-state index < -0.39 is 11.8 Å². The molecule has 0 spiro atoms. The fourth-order valence-electron chi connectivity index (χ4n) is 3.66. The van der Waals surface area contributed by atoms with E-state index in [1.165, 1.54) is 4.90 Å². The van der Waals surface area contributed by atoms with Gasteiger partial charge < -0.3 is 10.1 Å². The van der Waals surface area contributed by atoms with Crippen molar-refractivity contribution in [2.24, 2.45) is 0 Å². The fourth-order valence-corrected chi connectivity index (χ4v) is 3.78. The highest BCUT2D eigenvalue weighted by Crippen LogP contribution is 2.36. The average molecular weight is 447 g/mol. The van der Waals surface area contributed by atoms with Gasteiger partial charge in [0.25, 0.3) is 11.8 Å². The number of carbonyl (C=O) groups is 2. The molecule has 0 saturated carbocycles. The minimum absolute atomic E-state index is 0.190. The summed E-state index contributed by atoms with van der Waals surface area (Å²) in [6, 6.07) is 21.6. The predicted molar refractivity (Wildman–Crippen MR) is 128 cm³/mol. The molecule has 0 aromatic heterocycles. The molecule has 2 amide bonds. The van der Waals surface area contributed by atoms with E-state index in [4.69, 9.17) is 16.3 Å². The Morgan fingerprint density at radius 2 is 1.53 bits per heavy atom. The van der Waals surface area contributed by atoms with Crippen molar-refractivity contribution in [3.8, 4) is 5.75 Å². The van der Waals surface area contributed by atoms with Gasteiger partial charge in [-0.2, -0.15) is 0 Å². The third-order valence-electron chi connectivity index (χ3n) is 5.40. The maximum absolute atomic E-state index is 13.5. The van der Waals surface area contributed by atoms with Crippen molar-refractivity contribution in [3.63, 3.8) is 0 Å². The molecule has 162 valence electrons. The van der Waals surface area contributed by atoms with Crippen molar-refractivity contribution >= 4 is 40.4 Å². The highest BCUT2D eigenvalue weighted by molar-refractivity contribution is 6.46. The summed E-state index contributed by atoms with van der Waals surface area (Å²) in [5, 5.41) is 3.69. The summed E-state index contributed by atoms with van der Waals surface area (Å²) in [6.45, 7) is 4.19. The lowest BCUT2D eigenvalue weighted by Gasteiger charge is -2.17. The van der Waals surface area contributed by atoms with Crippen LogP contribution in [0.2, 0.25) is 5.02 Å². The van der Waals surface area contributed by atoms with Gasteiger partial charge in [0.2, 0.25) is 0 Å². The van der Waals surface area contributed by atoms with Crippen LogP contribution >= 0.6 is 11.6 Å². The molecule has 1 aliphatic heterocycles. The second kappa shape index (κ2) is 8.89. The van der Waals surface area contributed by atoms with Gasteiger partial charge >= 0.3 is 0 Å². The largest absolute Gasteiger partial charge is 0.495 e. The molecule has 0 fully saturated rings. The van der Waals surface area contributed by atoms with Crippen LogP contribution in [-0.4, -0.2) is 18.9 Å². The molecule has 32 heavy (non-hydrogen) atoms. The molecule has 0 bridgehead atoms. The molecule has 0 atom stereocenters. The molecule has 0 aliphatic carbocycles. The Balaban J connectivity index is 1.80. The first-order valence-electron chi connectivity index (χ1n) is 10.3. The number of para-hydroxylation sites is 2. The van der Waals surface area contributed by atoms with Crippen molar-refractivity contribution in [2.45, 2.75) is 19.8 Å². The Bertz CT molecular complexity index is 1200. The highest BCUT2D eigenvalue weighted by Gasteiger charge is 2.40. The fraction of sp³-hybridized carbons (Fsp3) is 0.154. The van der Waals surface area contributed by atoms with Crippen LogP contribution in [0.4, 0.5) is 11.4 Å². The Labute approximate surface area is 192 Å². The molecule has 5 nitrogen and oxygen atoms in total. The predicted octanol–water partition coefficient (Wildman–Crippen LogP) is 5.87. The normalized spacial score (nSPS) is 13.8. The van der Waals surface area contributed by atoms with E-state index in [1.54, 1.807) is 55.6 Å². The van der Waals surface area contributed by atoms with Crippen molar-refractivity contribution in [1.82, 2.24) is 0 Å². The van der Waals surface area contributed by atoms with Gasteiger partial charge in [-0.15, -0.1) is 0 Å². The molecular weight excluding hydrogens is 424 g/mol. The monoisotopic (exact) mass is 446 g/mol. The average Bonchev–Trinajstić information content (AvgIpc) is 3.04. The van der Waals surface area contributed by atoms with E-state index >= 15 is 0 Å². The van der Waals surface area contributed by atoms with Crippen LogP contribution < -0.4 is 15.0 Å². The first-order valence-corrected chi connectivity index (χ1v) is 10.7. The summed E-state index contributed by atoms with van der Waals surface area (Å²) < 4.78 is 5.41. The third-order valence-corrected chi connectivity index (χ3v) is 5.65. The second-order valence-electron chi connectivity index (χ2n) is 7.77. The van der Waals surface area contributed by atoms with Crippen LogP contribution in [0.3, 0.4) is 0 Å². The summed E-state index contributed by atoms with van der Waals surface area (Å²) in [5.74, 6) is 0.0881. The number of nitrogens with zero attached hydrogens (tertiary/aromatic N) is 1. The molecule has 1 aliphatic rings. The van der Waals surface area contributed by atoms with Gasteiger partial charge in [0.05, 0.1) is 24.1 Å². The van der Waals surface area contributed by atoms with E-state index in [1.807, 2.05) is 24.3 Å². The molecular formula is C26H23ClN2O3. The zero-order valence-corrected chi connectivity index (χ0v) is 18.8. The molecule has 3 aromatic carbocycles. The van der Waals surface area contributed by atoms with Crippen LogP contribution in [0.5, 0.6) is 5.75 Å². The molecule has 3 aromatic rings. The van der Waals surface area contributed by atoms with Gasteiger partial charge in [0, 0.05) is 5.02 Å². The molecule has 4 rings (SSSR count). The molecule has 0 saturated heterocycles. The zero-order valence-electron chi connectivity index (χ0n) is 18.1. The summed E-state index contributed by atoms with van der Waals surface area (Å²) in [7, 11) is 1.55. The number of rotatable bonds is 6. The summed E-state index contributed by atoms with van der Waals surface area (Å²) in [5.41, 5.74) is 3.32. The number of methoxy groups -OCH3 is 1. The topological polar surface area (TPSA) is 58.6 Å². The SMILES string of the molecule is COc1ccccc1NC1=C(c2ccc(Cl)cc2)C(=O)N(c2ccc(C(C)C)cc2)C1=O. The molecule has 0 unspecified atom stereocenters. The number of nitrogens with one attached hydrogen (secondary N) is 1. The van der Waals surface area contributed by atoms with Crippen LogP contribution in [0.25, 0.3) is 5.57 Å². The number of ether oxygens (including phenoxy) is 1. The van der Waals surface area contributed by atoms with E-state index in [0.717, 1.165) is 5.56 Å². The van der Waals surface area contributed by atoms with E-state index in [0.29, 0.717) is 33.6 Å². The van der Waals surface area contributed by atoms with Crippen LogP contribution in [0, 0.1) is 0 Å². The molecule has 1 N–H and O–H groups in total. The third kappa shape index (κ3) is 3.99. The Morgan fingerprint density at radius 1 is 0.875 bits per heavy atom. The Morgan fingerprint density at radius 3 is 2.16 bits per heavy atom. The first-order chi connectivity index (χ1) is 15.4. The zero-order chi connectivity index (χ0) is 22.8. The minimum Gasteiger partial charge on any atom is -0.495 e. The van der Waals surface area contributed by atoms with Crippen molar-refractivity contribution < 1.29 is 14.3 Å². The number of carbonyl (C=O) groups excluding carboxylic acids is 2. The summed E-state index contributed by atoms with van der Waals surface area (Å²) in [6.07, 6.45) is 0. The van der Waals surface area contributed by atoms with Crippen LogP contribution in [0.15, 0.2) is 78.5 Å².